The highest BCUT2D eigenvalue weighted by atomic mass is 19.2. The second kappa shape index (κ2) is 6.86. The molecule has 0 aromatic heterocycles. The first-order valence-corrected chi connectivity index (χ1v) is 6.54. The molecule has 0 radical (unpaired) electrons. The third kappa shape index (κ3) is 3.54. The Kier molecular flexibility index (Phi) is 4.88. The minimum Gasteiger partial charge on any atom is -0.865 e. The van der Waals surface area contributed by atoms with Crippen molar-refractivity contribution in [3.05, 3.63) is 69.3 Å². The predicted octanol–water partition coefficient (Wildman–Crippen LogP) is 2.85. The fraction of sp³-hybridized carbons (Fsp3) is 0.0625. The number of nitro groups is 1. The third-order valence-corrected chi connectivity index (χ3v) is 3.11. The third-order valence-electron chi connectivity index (χ3n) is 3.11. The van der Waals surface area contributed by atoms with Crippen LogP contribution in [0.1, 0.15) is 15.9 Å². The number of methoxy groups -OCH3 is 1. The smallest absolute Gasteiger partial charge is 0.266 e. The van der Waals surface area contributed by atoms with E-state index in [2.05, 4.69) is 0 Å². The molecule has 0 saturated heterocycles. The van der Waals surface area contributed by atoms with Crippen LogP contribution in [0.25, 0.3) is 6.08 Å². The molecule has 0 saturated carbocycles. The minimum absolute atomic E-state index is 0.0907. The van der Waals surface area contributed by atoms with Gasteiger partial charge >= 0.3 is 0 Å². The van der Waals surface area contributed by atoms with Crippen molar-refractivity contribution >= 4 is 17.5 Å². The molecular weight excluding hydrogens is 324 g/mol. The van der Waals surface area contributed by atoms with Crippen molar-refractivity contribution in [1.82, 2.24) is 0 Å². The van der Waals surface area contributed by atoms with Crippen LogP contribution in [0.2, 0.25) is 0 Å². The molecule has 124 valence electrons. The van der Waals surface area contributed by atoms with Gasteiger partial charge in [0.25, 0.3) is 5.69 Å². The van der Waals surface area contributed by atoms with Gasteiger partial charge in [0.1, 0.15) is 5.75 Å². The largest absolute Gasteiger partial charge is 0.865 e. The van der Waals surface area contributed by atoms with Crippen LogP contribution in [0.5, 0.6) is 11.5 Å². The van der Waals surface area contributed by atoms with E-state index in [-0.39, 0.29) is 16.9 Å². The number of benzene rings is 2. The average molecular weight is 334 g/mol. The average Bonchev–Trinajstić information content (AvgIpc) is 2.55. The standard InChI is InChI=1S/C16H11F2NO5/c1-24-15-7-9(6-13(16(15)21)19(22)23)2-5-14(20)10-3-4-11(17)12(18)8-10/h2-8,21H,1H3/p-1/b5-2+. The van der Waals surface area contributed by atoms with E-state index in [0.29, 0.717) is 0 Å². The minimum atomic E-state index is -1.16. The summed E-state index contributed by atoms with van der Waals surface area (Å²) >= 11 is 0. The number of ketones is 1. The van der Waals surface area contributed by atoms with Gasteiger partial charge in [-0.1, -0.05) is 6.08 Å². The Morgan fingerprint density at radius 2 is 1.92 bits per heavy atom. The number of rotatable bonds is 5. The number of nitro benzene ring substituents is 1. The number of nitrogens with zero attached hydrogens (tertiary/aromatic N) is 1. The molecule has 0 unspecified atom stereocenters. The van der Waals surface area contributed by atoms with Crippen molar-refractivity contribution in [3.8, 4) is 11.5 Å². The highest BCUT2D eigenvalue weighted by Crippen LogP contribution is 2.34. The number of halogens is 2. The number of hydrogen-bond acceptors (Lipinski definition) is 5. The number of carbonyl (C=O) groups is 1. The van der Waals surface area contributed by atoms with Gasteiger partial charge in [0.05, 0.1) is 12.0 Å². The van der Waals surface area contributed by atoms with E-state index >= 15 is 0 Å². The highest BCUT2D eigenvalue weighted by Gasteiger charge is 2.13. The summed E-state index contributed by atoms with van der Waals surface area (Å²) in [6, 6.07) is 4.88. The molecule has 24 heavy (non-hydrogen) atoms. The monoisotopic (exact) mass is 334 g/mol. The number of allylic oxidation sites excluding steroid dienone is 1. The molecule has 0 heterocycles. The van der Waals surface area contributed by atoms with Crippen molar-refractivity contribution < 1.29 is 28.3 Å². The molecule has 0 atom stereocenters. The molecule has 0 aliphatic heterocycles. The Morgan fingerprint density at radius 1 is 1.21 bits per heavy atom. The van der Waals surface area contributed by atoms with E-state index in [1.54, 1.807) is 0 Å². The lowest BCUT2D eigenvalue weighted by Crippen LogP contribution is -2.01. The van der Waals surface area contributed by atoms with Crippen molar-refractivity contribution in [2.75, 3.05) is 7.11 Å². The van der Waals surface area contributed by atoms with E-state index in [1.807, 2.05) is 0 Å². The molecule has 0 fully saturated rings. The van der Waals surface area contributed by atoms with Crippen LogP contribution in [-0.4, -0.2) is 17.8 Å². The first-order valence-electron chi connectivity index (χ1n) is 6.54. The molecule has 2 aromatic carbocycles. The summed E-state index contributed by atoms with van der Waals surface area (Å²) < 4.78 is 30.7. The highest BCUT2D eigenvalue weighted by molar-refractivity contribution is 6.06. The van der Waals surface area contributed by atoms with Crippen LogP contribution in [0, 0.1) is 21.7 Å². The maximum atomic E-state index is 13.1. The molecular formula is C16H10F2NO5-. The number of hydrogen-bond donors (Lipinski definition) is 0. The normalized spacial score (nSPS) is 10.8. The van der Waals surface area contributed by atoms with Crippen LogP contribution in [0.3, 0.4) is 0 Å². The zero-order chi connectivity index (χ0) is 17.9. The van der Waals surface area contributed by atoms with Gasteiger partial charge in [0.15, 0.2) is 17.4 Å². The number of ether oxygens (including phenoxy) is 1. The summed E-state index contributed by atoms with van der Waals surface area (Å²) in [5.41, 5.74) is -0.615. The molecule has 0 N–H and O–H groups in total. The first-order chi connectivity index (χ1) is 11.3. The zero-order valence-electron chi connectivity index (χ0n) is 12.3. The zero-order valence-corrected chi connectivity index (χ0v) is 12.3. The van der Waals surface area contributed by atoms with Crippen molar-refractivity contribution in [2.24, 2.45) is 0 Å². The van der Waals surface area contributed by atoms with E-state index < -0.39 is 33.8 Å². The lowest BCUT2D eigenvalue weighted by atomic mass is 10.1. The van der Waals surface area contributed by atoms with Crippen molar-refractivity contribution in [3.63, 3.8) is 0 Å². The van der Waals surface area contributed by atoms with Crippen LogP contribution >= 0.6 is 0 Å². The van der Waals surface area contributed by atoms with Gasteiger partial charge in [0.2, 0.25) is 0 Å². The second-order valence-electron chi connectivity index (χ2n) is 4.65. The second-order valence-corrected chi connectivity index (χ2v) is 4.65. The van der Waals surface area contributed by atoms with Crippen LogP contribution in [0.4, 0.5) is 14.5 Å². The van der Waals surface area contributed by atoms with Gasteiger partial charge in [0, 0.05) is 17.4 Å². The lowest BCUT2D eigenvalue weighted by molar-refractivity contribution is -0.398. The Hall–Kier alpha value is -3.29. The fourth-order valence-corrected chi connectivity index (χ4v) is 1.91. The van der Waals surface area contributed by atoms with E-state index in [4.69, 9.17) is 4.74 Å². The molecule has 0 aliphatic rings. The summed E-state index contributed by atoms with van der Waals surface area (Å²) in [7, 11) is 1.18. The summed E-state index contributed by atoms with van der Waals surface area (Å²) in [6.45, 7) is 0. The first kappa shape index (κ1) is 17.1. The molecule has 0 bridgehead atoms. The quantitative estimate of drug-likeness (QED) is 0.363. The fourth-order valence-electron chi connectivity index (χ4n) is 1.91. The summed E-state index contributed by atoms with van der Waals surface area (Å²) in [5, 5.41) is 22.5. The van der Waals surface area contributed by atoms with Crippen molar-refractivity contribution in [2.45, 2.75) is 0 Å². The van der Waals surface area contributed by atoms with Gasteiger partial charge in [-0.25, -0.2) is 8.78 Å². The predicted molar refractivity (Wildman–Crippen MR) is 78.8 cm³/mol. The van der Waals surface area contributed by atoms with Gasteiger partial charge < -0.3 is 9.84 Å². The molecule has 0 aliphatic carbocycles. The van der Waals surface area contributed by atoms with Crippen LogP contribution in [0.15, 0.2) is 36.4 Å². The van der Waals surface area contributed by atoms with Gasteiger partial charge in [-0.3, -0.25) is 14.9 Å². The van der Waals surface area contributed by atoms with Crippen LogP contribution in [-0.2, 0) is 0 Å². The van der Waals surface area contributed by atoms with Gasteiger partial charge in [-0.2, -0.15) is 0 Å². The summed E-state index contributed by atoms with van der Waals surface area (Å²) in [6.07, 6.45) is 2.23. The maximum Gasteiger partial charge on any atom is 0.266 e. The van der Waals surface area contributed by atoms with Crippen molar-refractivity contribution in [1.29, 1.82) is 0 Å². The van der Waals surface area contributed by atoms with E-state index in [1.165, 1.54) is 19.3 Å². The molecule has 8 heteroatoms. The summed E-state index contributed by atoms with van der Waals surface area (Å²) in [4.78, 5) is 21.9. The van der Waals surface area contributed by atoms with Crippen LogP contribution < -0.4 is 9.84 Å². The van der Waals surface area contributed by atoms with Gasteiger partial charge in [-0.05, 0) is 35.9 Å². The molecule has 0 spiro atoms. The Labute approximate surface area is 134 Å². The van der Waals surface area contributed by atoms with Gasteiger partial charge in [-0.15, -0.1) is 0 Å². The Bertz CT molecular complexity index is 849. The molecule has 6 nitrogen and oxygen atoms in total. The summed E-state index contributed by atoms with van der Waals surface area (Å²) in [5.74, 6) is -4.01. The SMILES string of the molecule is COc1cc(/C=C/C(=O)c2ccc(F)c(F)c2)cc([N+](=O)[O-])c1[O-]. The topological polar surface area (TPSA) is 92.5 Å². The Morgan fingerprint density at radius 3 is 2.50 bits per heavy atom. The van der Waals surface area contributed by atoms with E-state index in [0.717, 1.165) is 30.3 Å². The molecule has 2 aromatic rings. The Balaban J connectivity index is 2.34. The molecule has 0 amide bonds. The maximum absolute atomic E-state index is 13.1. The molecule has 2 rings (SSSR count). The lowest BCUT2D eigenvalue weighted by Gasteiger charge is -2.13. The van der Waals surface area contributed by atoms with E-state index in [9.17, 15) is 28.8 Å². The number of carbonyl (C=O) groups excluding carboxylic acids is 1.